The molecule has 0 radical (unpaired) electrons. The molecule has 0 spiro atoms. The molecule has 6 nitrogen and oxygen atoms in total. The van der Waals surface area contributed by atoms with Crippen LogP contribution in [-0.4, -0.2) is 43.1 Å². The molecule has 0 bridgehead atoms. The van der Waals surface area contributed by atoms with Crippen LogP contribution in [0.15, 0.2) is 51.4 Å². The molecule has 1 N–H and O–H groups in total. The molecule has 3 atom stereocenters. The van der Waals surface area contributed by atoms with Gasteiger partial charge in [0.25, 0.3) is 0 Å². The second-order valence-electron chi connectivity index (χ2n) is 9.58. The van der Waals surface area contributed by atoms with Crippen molar-refractivity contribution >= 4 is 17.1 Å². The molecule has 1 aromatic carbocycles. The maximum absolute atomic E-state index is 13.4. The Labute approximate surface area is 201 Å². The van der Waals surface area contributed by atoms with E-state index in [-0.39, 0.29) is 17.8 Å². The smallest absolute Gasteiger partial charge is 0.131 e. The molecule has 2 heterocycles. The minimum atomic E-state index is -1.39. The van der Waals surface area contributed by atoms with Gasteiger partial charge in [0.05, 0.1) is 29.1 Å². The van der Waals surface area contributed by atoms with Crippen molar-refractivity contribution in [1.29, 1.82) is 0 Å². The Morgan fingerprint density at radius 2 is 2.09 bits per heavy atom. The Kier molecular flexibility index (Phi) is 6.08. The summed E-state index contributed by atoms with van der Waals surface area (Å²) in [6.07, 6.45) is 6.97. The Bertz CT molecular complexity index is 1260. The van der Waals surface area contributed by atoms with E-state index in [0.29, 0.717) is 29.7 Å². The third-order valence-corrected chi connectivity index (χ3v) is 9.00. The fourth-order valence-corrected chi connectivity index (χ4v) is 6.93. The predicted octanol–water partition coefficient (Wildman–Crippen LogP) is 4.59. The van der Waals surface area contributed by atoms with Crippen LogP contribution in [0.4, 0.5) is 4.39 Å². The fourth-order valence-electron chi connectivity index (χ4n) is 5.53. The third kappa shape index (κ3) is 3.97. The van der Waals surface area contributed by atoms with Gasteiger partial charge in [-0.05, 0) is 86.4 Å². The SMILES string of the molecule is Cc1cc(S(=O)N(CCO)C[C@H]2CCC3=Cc4c(cnn4-c4ccc(F)cc4)C[C@@]32C)c(C)o1. The van der Waals surface area contributed by atoms with E-state index in [1.807, 2.05) is 35.1 Å². The third-order valence-electron chi connectivity index (χ3n) is 7.41. The van der Waals surface area contributed by atoms with Gasteiger partial charge in [0.2, 0.25) is 0 Å². The van der Waals surface area contributed by atoms with Gasteiger partial charge in [0.1, 0.15) is 28.3 Å². The minimum Gasteiger partial charge on any atom is -0.465 e. The number of hydrogen-bond donors (Lipinski definition) is 1. The summed E-state index contributed by atoms with van der Waals surface area (Å²) in [7, 11) is -1.39. The number of allylic oxidation sites excluding steroid dienone is 1. The molecule has 180 valence electrons. The highest BCUT2D eigenvalue weighted by molar-refractivity contribution is 7.82. The fraction of sp³-hybridized carbons (Fsp3) is 0.423. The first-order valence-corrected chi connectivity index (χ1v) is 12.8. The van der Waals surface area contributed by atoms with Crippen LogP contribution < -0.4 is 0 Å². The van der Waals surface area contributed by atoms with Crippen LogP contribution in [0, 0.1) is 31.0 Å². The van der Waals surface area contributed by atoms with Crippen LogP contribution in [-0.2, 0) is 17.4 Å². The summed E-state index contributed by atoms with van der Waals surface area (Å²) in [6.45, 7) is 6.90. The zero-order valence-electron chi connectivity index (χ0n) is 19.8. The summed E-state index contributed by atoms with van der Waals surface area (Å²) in [5.74, 6) is 1.43. The molecule has 2 aromatic heterocycles. The lowest BCUT2D eigenvalue weighted by Gasteiger charge is -2.38. The summed E-state index contributed by atoms with van der Waals surface area (Å²) < 4.78 is 36.2. The van der Waals surface area contributed by atoms with Gasteiger partial charge in [-0.3, -0.25) is 0 Å². The van der Waals surface area contributed by atoms with Gasteiger partial charge in [0.15, 0.2) is 0 Å². The van der Waals surface area contributed by atoms with Gasteiger partial charge in [0, 0.05) is 13.1 Å². The van der Waals surface area contributed by atoms with Crippen LogP contribution in [0.5, 0.6) is 0 Å². The first-order valence-electron chi connectivity index (χ1n) is 11.7. The van der Waals surface area contributed by atoms with E-state index in [9.17, 15) is 13.7 Å². The highest BCUT2D eigenvalue weighted by Gasteiger charge is 2.46. The van der Waals surface area contributed by atoms with Crippen molar-refractivity contribution in [2.75, 3.05) is 19.7 Å². The lowest BCUT2D eigenvalue weighted by atomic mass is 9.70. The molecule has 3 aromatic rings. The monoisotopic (exact) mass is 483 g/mol. The molecule has 0 saturated heterocycles. The molecule has 1 fully saturated rings. The maximum atomic E-state index is 13.4. The Balaban J connectivity index is 1.41. The first kappa shape index (κ1) is 23.2. The van der Waals surface area contributed by atoms with Gasteiger partial charge >= 0.3 is 0 Å². The molecule has 5 rings (SSSR count). The number of aryl methyl sites for hydroxylation is 2. The number of rotatable bonds is 7. The van der Waals surface area contributed by atoms with Gasteiger partial charge in [-0.15, -0.1) is 0 Å². The molecular weight excluding hydrogens is 453 g/mol. The summed E-state index contributed by atoms with van der Waals surface area (Å²) >= 11 is 0. The van der Waals surface area contributed by atoms with Crippen molar-refractivity contribution in [2.45, 2.75) is 44.9 Å². The van der Waals surface area contributed by atoms with Crippen molar-refractivity contribution in [2.24, 2.45) is 11.3 Å². The highest BCUT2D eigenvalue weighted by Crippen LogP contribution is 2.53. The summed E-state index contributed by atoms with van der Waals surface area (Å²) in [4.78, 5) is 0.677. The van der Waals surface area contributed by atoms with E-state index in [1.54, 1.807) is 12.1 Å². The van der Waals surface area contributed by atoms with E-state index in [4.69, 9.17) is 4.42 Å². The Morgan fingerprint density at radius 3 is 2.76 bits per heavy atom. The highest BCUT2D eigenvalue weighted by atomic mass is 32.2. The molecule has 2 aliphatic rings. The number of aliphatic hydroxyl groups excluding tert-OH is 1. The van der Waals surface area contributed by atoms with Crippen LogP contribution in [0.2, 0.25) is 0 Å². The average molecular weight is 484 g/mol. The summed E-state index contributed by atoms with van der Waals surface area (Å²) in [5.41, 5.74) is 4.37. The van der Waals surface area contributed by atoms with Crippen molar-refractivity contribution in [3.05, 3.63) is 70.7 Å². The lowest BCUT2D eigenvalue weighted by Crippen LogP contribution is -2.40. The second kappa shape index (κ2) is 8.91. The van der Waals surface area contributed by atoms with Gasteiger partial charge < -0.3 is 9.52 Å². The summed E-state index contributed by atoms with van der Waals surface area (Å²) in [6, 6.07) is 8.22. The molecule has 8 heteroatoms. The zero-order valence-corrected chi connectivity index (χ0v) is 20.6. The standard InChI is InChI=1S/C26H30FN3O3S/c1-17-12-25(18(2)33-17)34(32)29(10-11-31)16-21-5-4-20-13-24-19(14-26(20,21)3)15-28-30(24)23-8-6-22(27)7-9-23/h6-9,12-13,15,21,31H,4-5,10-11,14,16H2,1-3H3/t21-,26+,34?/m1/s1. The quantitative estimate of drug-likeness (QED) is 0.533. The van der Waals surface area contributed by atoms with Crippen LogP contribution in [0.3, 0.4) is 0 Å². The molecule has 0 amide bonds. The van der Waals surface area contributed by atoms with Crippen molar-refractivity contribution in [3.8, 4) is 5.69 Å². The van der Waals surface area contributed by atoms with Crippen LogP contribution in [0.25, 0.3) is 11.8 Å². The van der Waals surface area contributed by atoms with Crippen molar-refractivity contribution in [1.82, 2.24) is 14.1 Å². The Hall–Kier alpha value is -2.55. The molecule has 1 unspecified atom stereocenters. The topological polar surface area (TPSA) is 71.5 Å². The van der Waals surface area contributed by atoms with E-state index in [1.165, 1.54) is 23.3 Å². The first-order chi connectivity index (χ1) is 16.3. The maximum Gasteiger partial charge on any atom is 0.131 e. The van der Waals surface area contributed by atoms with Crippen LogP contribution in [0.1, 0.15) is 42.5 Å². The largest absolute Gasteiger partial charge is 0.465 e. The van der Waals surface area contributed by atoms with Crippen molar-refractivity contribution in [3.63, 3.8) is 0 Å². The number of hydrogen-bond acceptors (Lipinski definition) is 4. The molecule has 0 aliphatic heterocycles. The zero-order chi connectivity index (χ0) is 24.0. The van der Waals surface area contributed by atoms with Crippen LogP contribution >= 0.6 is 0 Å². The molecular formula is C26H30FN3O3S. The number of nitrogens with zero attached hydrogens (tertiary/aromatic N) is 3. The molecule has 2 aliphatic carbocycles. The van der Waals surface area contributed by atoms with E-state index < -0.39 is 11.0 Å². The van der Waals surface area contributed by atoms with Gasteiger partial charge in [-0.25, -0.2) is 17.6 Å². The number of furan rings is 1. The number of aromatic nitrogens is 2. The van der Waals surface area contributed by atoms with E-state index in [2.05, 4.69) is 18.1 Å². The normalized spacial score (nSPS) is 22.5. The number of halogens is 1. The van der Waals surface area contributed by atoms with Gasteiger partial charge in [-0.1, -0.05) is 12.5 Å². The van der Waals surface area contributed by atoms with Gasteiger partial charge in [-0.2, -0.15) is 5.10 Å². The minimum absolute atomic E-state index is 0.0532. The lowest BCUT2D eigenvalue weighted by molar-refractivity contribution is 0.198. The number of fused-ring (bicyclic) bond motifs is 2. The predicted molar refractivity (Wildman–Crippen MR) is 129 cm³/mol. The van der Waals surface area contributed by atoms with E-state index >= 15 is 0 Å². The molecule has 1 saturated carbocycles. The molecule has 34 heavy (non-hydrogen) atoms. The Morgan fingerprint density at radius 1 is 1.32 bits per heavy atom. The van der Waals surface area contributed by atoms with E-state index in [0.717, 1.165) is 36.4 Å². The second-order valence-corrected chi connectivity index (χ2v) is 11.0. The van der Waals surface area contributed by atoms with Crippen molar-refractivity contribution < 1.29 is 18.1 Å². The number of benzene rings is 1. The summed E-state index contributed by atoms with van der Waals surface area (Å²) in [5, 5.41) is 14.3. The number of aliphatic hydroxyl groups is 1. The average Bonchev–Trinajstić information content (AvgIpc) is 3.46.